The van der Waals surface area contributed by atoms with Crippen LogP contribution in [0.1, 0.15) is 39.5 Å². The second kappa shape index (κ2) is 7.75. The Balaban J connectivity index is 1.97. The molecular formula is C18H18N2O3S. The summed E-state index contributed by atoms with van der Waals surface area (Å²) in [4.78, 5) is 25.8. The molecule has 24 heavy (non-hydrogen) atoms. The summed E-state index contributed by atoms with van der Waals surface area (Å²) in [7, 11) is 0. The van der Waals surface area contributed by atoms with Crippen LogP contribution in [0.25, 0.3) is 0 Å². The third-order valence-electron chi connectivity index (χ3n) is 3.54. The van der Waals surface area contributed by atoms with E-state index < -0.39 is 18.0 Å². The first kappa shape index (κ1) is 17.7. The molecule has 6 heteroatoms. The van der Waals surface area contributed by atoms with Crippen molar-refractivity contribution < 1.29 is 14.3 Å². The van der Waals surface area contributed by atoms with Crippen LogP contribution >= 0.6 is 11.3 Å². The maximum Gasteiger partial charge on any atom is 0.349 e. The summed E-state index contributed by atoms with van der Waals surface area (Å²) in [6, 6.07) is 10.3. The number of nitrogens with zero attached hydrogens (tertiary/aromatic N) is 1. The molecule has 124 valence electrons. The molecule has 1 amide bonds. The lowest BCUT2D eigenvalue weighted by Crippen LogP contribution is -2.29. The van der Waals surface area contributed by atoms with E-state index in [0.29, 0.717) is 16.1 Å². The number of nitrogens with one attached hydrogen (secondary N) is 1. The van der Waals surface area contributed by atoms with E-state index in [9.17, 15) is 9.59 Å². The summed E-state index contributed by atoms with van der Waals surface area (Å²) >= 11 is 1.37. The van der Waals surface area contributed by atoms with Gasteiger partial charge in [0.2, 0.25) is 0 Å². The first-order chi connectivity index (χ1) is 11.4. The molecule has 0 radical (unpaired) electrons. The van der Waals surface area contributed by atoms with E-state index >= 15 is 0 Å². The summed E-state index contributed by atoms with van der Waals surface area (Å²) in [5.41, 5.74) is 2.16. The van der Waals surface area contributed by atoms with Gasteiger partial charge in [0.25, 0.3) is 5.91 Å². The fourth-order valence-corrected chi connectivity index (χ4v) is 3.11. The van der Waals surface area contributed by atoms with Crippen LogP contribution in [0.2, 0.25) is 0 Å². The Bertz CT molecular complexity index is 788. The Morgan fingerprint density at radius 2 is 2.00 bits per heavy atom. The number of hydrogen-bond acceptors (Lipinski definition) is 5. The van der Waals surface area contributed by atoms with Crippen molar-refractivity contribution in [3.63, 3.8) is 0 Å². The largest absolute Gasteiger partial charge is 0.448 e. The summed E-state index contributed by atoms with van der Waals surface area (Å²) in [5, 5.41) is 11.4. The number of carbonyl (C=O) groups is 2. The molecule has 1 aromatic carbocycles. The van der Waals surface area contributed by atoms with E-state index in [0.717, 1.165) is 16.9 Å². The maximum absolute atomic E-state index is 12.1. The molecule has 2 aromatic rings. The first-order valence-corrected chi connectivity index (χ1v) is 8.37. The van der Waals surface area contributed by atoms with Crippen molar-refractivity contribution in [2.45, 2.75) is 33.3 Å². The second-order valence-electron chi connectivity index (χ2n) is 5.27. The molecule has 0 unspecified atom stereocenters. The number of carbonyl (C=O) groups excluding carboxylic acids is 2. The lowest BCUT2D eigenvalue weighted by Gasteiger charge is -2.13. The van der Waals surface area contributed by atoms with Crippen LogP contribution in [0, 0.1) is 18.3 Å². The number of aryl methyl sites for hydroxylation is 2. The zero-order valence-electron chi connectivity index (χ0n) is 13.8. The number of ether oxygens (including phenoxy) is 1. The van der Waals surface area contributed by atoms with Gasteiger partial charge in [-0.15, -0.1) is 11.3 Å². The quantitative estimate of drug-likeness (QED) is 0.841. The monoisotopic (exact) mass is 342 g/mol. The van der Waals surface area contributed by atoms with Crippen LogP contribution in [-0.2, 0) is 16.0 Å². The van der Waals surface area contributed by atoms with Gasteiger partial charge in [0.05, 0.1) is 11.6 Å². The van der Waals surface area contributed by atoms with Gasteiger partial charge in [-0.05, 0) is 56.2 Å². The highest BCUT2D eigenvalue weighted by Gasteiger charge is 2.21. The van der Waals surface area contributed by atoms with Gasteiger partial charge in [-0.25, -0.2) is 4.79 Å². The topological polar surface area (TPSA) is 79.2 Å². The fourth-order valence-electron chi connectivity index (χ4n) is 2.12. The lowest BCUT2D eigenvalue weighted by atomic mass is 10.2. The molecule has 0 fully saturated rings. The predicted octanol–water partition coefficient (Wildman–Crippen LogP) is 3.67. The van der Waals surface area contributed by atoms with E-state index in [1.807, 2.05) is 26.0 Å². The van der Waals surface area contributed by atoms with Gasteiger partial charge in [-0.3, -0.25) is 4.79 Å². The number of rotatable bonds is 5. The number of benzene rings is 1. The van der Waals surface area contributed by atoms with Crippen LogP contribution in [0.4, 0.5) is 5.69 Å². The van der Waals surface area contributed by atoms with E-state index in [2.05, 4.69) is 5.32 Å². The van der Waals surface area contributed by atoms with Crippen molar-refractivity contribution in [2.75, 3.05) is 5.32 Å². The smallest absolute Gasteiger partial charge is 0.349 e. The number of anilines is 1. The van der Waals surface area contributed by atoms with Crippen LogP contribution in [0.5, 0.6) is 0 Å². The van der Waals surface area contributed by atoms with Crippen LogP contribution < -0.4 is 5.32 Å². The fraction of sp³-hybridized carbons (Fsp3) is 0.278. The lowest BCUT2D eigenvalue weighted by molar-refractivity contribution is -0.123. The van der Waals surface area contributed by atoms with Crippen molar-refractivity contribution >= 4 is 28.9 Å². The number of hydrogen-bond donors (Lipinski definition) is 1. The Morgan fingerprint density at radius 3 is 2.54 bits per heavy atom. The predicted molar refractivity (Wildman–Crippen MR) is 93.1 cm³/mol. The van der Waals surface area contributed by atoms with Gasteiger partial charge in [-0.2, -0.15) is 5.26 Å². The van der Waals surface area contributed by atoms with Crippen LogP contribution in [0.15, 0.2) is 30.3 Å². The van der Waals surface area contributed by atoms with Gasteiger partial charge in [0, 0.05) is 10.6 Å². The molecule has 0 aliphatic rings. The number of nitriles is 1. The minimum atomic E-state index is -0.916. The summed E-state index contributed by atoms with van der Waals surface area (Å²) in [5.74, 6) is -0.915. The molecule has 0 saturated heterocycles. The summed E-state index contributed by atoms with van der Waals surface area (Å²) < 4.78 is 5.24. The number of amides is 1. The highest BCUT2D eigenvalue weighted by molar-refractivity contribution is 7.14. The average molecular weight is 342 g/mol. The van der Waals surface area contributed by atoms with Gasteiger partial charge < -0.3 is 10.1 Å². The minimum Gasteiger partial charge on any atom is -0.448 e. The highest BCUT2D eigenvalue weighted by atomic mass is 32.1. The molecule has 0 spiro atoms. The van der Waals surface area contributed by atoms with Gasteiger partial charge >= 0.3 is 5.97 Å². The maximum atomic E-state index is 12.1. The Morgan fingerprint density at radius 1 is 1.33 bits per heavy atom. The molecule has 1 atom stereocenters. The molecule has 0 aliphatic carbocycles. The average Bonchev–Trinajstić information content (AvgIpc) is 2.96. The van der Waals surface area contributed by atoms with Gasteiger partial charge in [0.15, 0.2) is 6.10 Å². The Kier molecular flexibility index (Phi) is 5.72. The van der Waals surface area contributed by atoms with Crippen molar-refractivity contribution in [2.24, 2.45) is 0 Å². The van der Waals surface area contributed by atoms with E-state index in [-0.39, 0.29) is 0 Å². The zero-order valence-corrected chi connectivity index (χ0v) is 14.6. The Hall–Kier alpha value is -2.65. The molecule has 5 nitrogen and oxygen atoms in total. The summed E-state index contributed by atoms with van der Waals surface area (Å²) in [6.07, 6.45) is -0.0646. The van der Waals surface area contributed by atoms with Gasteiger partial charge in [0.1, 0.15) is 4.88 Å². The molecule has 0 bridgehead atoms. The van der Waals surface area contributed by atoms with E-state index in [1.54, 1.807) is 24.3 Å². The number of thiophene rings is 1. The van der Waals surface area contributed by atoms with Crippen LogP contribution in [-0.4, -0.2) is 18.0 Å². The third kappa shape index (κ3) is 4.21. The van der Waals surface area contributed by atoms with Crippen LogP contribution in [0.3, 0.4) is 0 Å². The molecule has 1 heterocycles. The highest BCUT2D eigenvalue weighted by Crippen LogP contribution is 2.23. The number of esters is 1. The second-order valence-corrected chi connectivity index (χ2v) is 6.53. The third-order valence-corrected chi connectivity index (χ3v) is 4.61. The first-order valence-electron chi connectivity index (χ1n) is 7.56. The van der Waals surface area contributed by atoms with Crippen molar-refractivity contribution in [1.82, 2.24) is 0 Å². The Labute approximate surface area is 144 Å². The molecular weight excluding hydrogens is 324 g/mol. The van der Waals surface area contributed by atoms with E-state index in [4.69, 9.17) is 10.00 Å². The zero-order chi connectivity index (χ0) is 17.7. The van der Waals surface area contributed by atoms with Crippen molar-refractivity contribution in [1.29, 1.82) is 5.26 Å². The standard InChI is InChI=1S/C18H18N2O3S/c1-4-14-9-16(24-12(14)3)18(22)23-11(2)17(21)20-15-7-5-13(10-19)6-8-15/h5-9,11H,4H2,1-3H3,(H,20,21)/t11-/m1/s1. The van der Waals surface area contributed by atoms with Gasteiger partial charge in [-0.1, -0.05) is 6.92 Å². The molecule has 1 N–H and O–H groups in total. The SMILES string of the molecule is CCc1cc(C(=O)O[C@H](C)C(=O)Nc2ccc(C#N)cc2)sc1C. The van der Waals surface area contributed by atoms with Crippen molar-refractivity contribution in [3.8, 4) is 6.07 Å². The van der Waals surface area contributed by atoms with Crippen molar-refractivity contribution in [3.05, 3.63) is 51.2 Å². The van der Waals surface area contributed by atoms with E-state index in [1.165, 1.54) is 18.3 Å². The molecule has 0 saturated carbocycles. The normalized spacial score (nSPS) is 11.4. The molecule has 0 aliphatic heterocycles. The summed E-state index contributed by atoms with van der Waals surface area (Å²) in [6.45, 7) is 5.51. The molecule has 2 rings (SSSR count). The molecule has 1 aromatic heterocycles. The minimum absolute atomic E-state index is 0.419.